The SMILES string of the molecule is CCCCCCCCN(CC)CCCN(CCCCCCCC)CCCCCC(=O)OC(C)(C)Cn1c(CNCC)nc2c(N)nc3ccccc3c21. The van der Waals surface area contributed by atoms with Gasteiger partial charge in [0.25, 0.3) is 0 Å². The normalized spacial score (nSPS) is 12.2. The monoisotopic (exact) mass is 736 g/mol. The number of unbranched alkanes of at least 4 members (excludes halogenated alkanes) is 12. The van der Waals surface area contributed by atoms with Crippen molar-refractivity contribution < 1.29 is 9.53 Å². The molecule has 3 N–H and O–H groups in total. The third-order valence-corrected chi connectivity index (χ3v) is 10.6. The number of para-hydroxylation sites is 1. The lowest BCUT2D eigenvalue weighted by Gasteiger charge is -2.27. The highest BCUT2D eigenvalue weighted by Gasteiger charge is 2.27. The Balaban J connectivity index is 1.49. The second-order valence-electron chi connectivity index (χ2n) is 15.8. The molecule has 0 fully saturated rings. The van der Waals surface area contributed by atoms with E-state index in [1.54, 1.807) is 0 Å². The van der Waals surface area contributed by atoms with Gasteiger partial charge in [-0.15, -0.1) is 0 Å². The zero-order chi connectivity index (χ0) is 38.3. The van der Waals surface area contributed by atoms with Crippen LogP contribution in [-0.4, -0.2) is 81.7 Å². The lowest BCUT2D eigenvalue weighted by Crippen LogP contribution is -2.34. The van der Waals surface area contributed by atoms with Gasteiger partial charge in [0.2, 0.25) is 0 Å². The van der Waals surface area contributed by atoms with Gasteiger partial charge in [0.05, 0.1) is 24.1 Å². The van der Waals surface area contributed by atoms with Crippen LogP contribution < -0.4 is 11.1 Å². The summed E-state index contributed by atoms with van der Waals surface area (Å²) in [6.45, 7) is 21.9. The largest absolute Gasteiger partial charge is 0.458 e. The number of ether oxygens (including phenoxy) is 1. The zero-order valence-electron chi connectivity index (χ0n) is 34.8. The number of anilines is 1. The van der Waals surface area contributed by atoms with E-state index in [9.17, 15) is 4.79 Å². The molecule has 300 valence electrons. The summed E-state index contributed by atoms with van der Waals surface area (Å²) in [4.78, 5) is 28.1. The third-order valence-electron chi connectivity index (χ3n) is 10.6. The van der Waals surface area contributed by atoms with Gasteiger partial charge in [0.15, 0.2) is 5.82 Å². The van der Waals surface area contributed by atoms with Crippen LogP contribution in [0.2, 0.25) is 0 Å². The van der Waals surface area contributed by atoms with E-state index in [1.807, 2.05) is 32.0 Å². The molecule has 0 aliphatic heterocycles. The summed E-state index contributed by atoms with van der Waals surface area (Å²) in [6.07, 6.45) is 20.9. The predicted molar refractivity (Wildman–Crippen MR) is 225 cm³/mol. The van der Waals surface area contributed by atoms with Gasteiger partial charge in [0.1, 0.15) is 16.9 Å². The Hall–Kier alpha value is -2.75. The summed E-state index contributed by atoms with van der Waals surface area (Å²) in [7, 11) is 0. The van der Waals surface area contributed by atoms with E-state index in [0.717, 1.165) is 61.1 Å². The number of rotatable bonds is 31. The average Bonchev–Trinajstić information content (AvgIpc) is 3.49. The molecule has 2 heterocycles. The van der Waals surface area contributed by atoms with Crippen molar-refractivity contribution in [1.82, 2.24) is 29.7 Å². The molecule has 0 unspecified atom stereocenters. The first kappa shape index (κ1) is 44.6. The van der Waals surface area contributed by atoms with E-state index >= 15 is 0 Å². The fourth-order valence-corrected chi connectivity index (χ4v) is 7.51. The van der Waals surface area contributed by atoms with Crippen molar-refractivity contribution in [2.75, 3.05) is 51.5 Å². The molecule has 0 atom stereocenters. The Morgan fingerprint density at radius 1 is 0.755 bits per heavy atom. The van der Waals surface area contributed by atoms with Gasteiger partial charge >= 0.3 is 5.97 Å². The second kappa shape index (κ2) is 25.4. The number of hydrogen-bond donors (Lipinski definition) is 2. The fourth-order valence-electron chi connectivity index (χ4n) is 7.51. The lowest BCUT2D eigenvalue weighted by atomic mass is 10.1. The minimum atomic E-state index is -0.722. The van der Waals surface area contributed by atoms with Crippen molar-refractivity contribution in [3.05, 3.63) is 30.1 Å². The Kier molecular flexibility index (Phi) is 21.4. The van der Waals surface area contributed by atoms with Crippen LogP contribution in [0.15, 0.2) is 24.3 Å². The minimum Gasteiger partial charge on any atom is -0.458 e. The van der Waals surface area contributed by atoms with E-state index in [1.165, 1.54) is 110 Å². The molecule has 0 radical (unpaired) electrons. The van der Waals surface area contributed by atoms with Crippen LogP contribution >= 0.6 is 0 Å². The van der Waals surface area contributed by atoms with E-state index in [4.69, 9.17) is 15.5 Å². The maximum Gasteiger partial charge on any atom is 0.306 e. The summed E-state index contributed by atoms with van der Waals surface area (Å²) in [5.74, 6) is 1.15. The van der Waals surface area contributed by atoms with Gasteiger partial charge in [-0.3, -0.25) is 4.79 Å². The van der Waals surface area contributed by atoms with Gasteiger partial charge in [-0.25, -0.2) is 9.97 Å². The molecule has 0 saturated carbocycles. The molecule has 3 aromatic rings. The average molecular weight is 736 g/mol. The molecule has 0 saturated heterocycles. The van der Waals surface area contributed by atoms with Crippen molar-refractivity contribution in [3.8, 4) is 0 Å². The molecular weight excluding hydrogens is 659 g/mol. The summed E-state index contributed by atoms with van der Waals surface area (Å²) < 4.78 is 8.32. The first-order chi connectivity index (χ1) is 25.7. The summed E-state index contributed by atoms with van der Waals surface area (Å²) in [6, 6.07) is 8.02. The highest BCUT2D eigenvalue weighted by atomic mass is 16.6. The van der Waals surface area contributed by atoms with Crippen LogP contribution in [0, 0.1) is 0 Å². The van der Waals surface area contributed by atoms with Crippen LogP contribution in [0.25, 0.3) is 21.9 Å². The quantitative estimate of drug-likeness (QED) is 0.0498. The third kappa shape index (κ3) is 16.3. The van der Waals surface area contributed by atoms with Crippen molar-refractivity contribution in [1.29, 1.82) is 0 Å². The molecule has 53 heavy (non-hydrogen) atoms. The van der Waals surface area contributed by atoms with E-state index in [-0.39, 0.29) is 5.97 Å². The van der Waals surface area contributed by atoms with Gasteiger partial charge in [0, 0.05) is 11.8 Å². The predicted octanol–water partition coefficient (Wildman–Crippen LogP) is 9.89. The second-order valence-corrected chi connectivity index (χ2v) is 15.8. The number of benzene rings is 1. The van der Waals surface area contributed by atoms with Crippen LogP contribution in [-0.2, 0) is 22.6 Å². The first-order valence-corrected chi connectivity index (χ1v) is 21.6. The highest BCUT2D eigenvalue weighted by molar-refractivity contribution is 6.06. The van der Waals surface area contributed by atoms with Crippen LogP contribution in [0.1, 0.15) is 157 Å². The molecule has 9 heteroatoms. The molecule has 0 aliphatic carbocycles. The van der Waals surface area contributed by atoms with Crippen LogP contribution in [0.4, 0.5) is 5.82 Å². The maximum absolute atomic E-state index is 13.2. The number of hydrogen-bond acceptors (Lipinski definition) is 8. The molecule has 1 aromatic carbocycles. The number of esters is 1. The highest BCUT2D eigenvalue weighted by Crippen LogP contribution is 2.30. The number of nitrogen functional groups attached to an aromatic ring is 1. The number of carbonyl (C=O) groups excluding carboxylic acids is 1. The molecule has 3 rings (SSSR count). The van der Waals surface area contributed by atoms with E-state index in [0.29, 0.717) is 30.8 Å². The molecule has 0 amide bonds. The molecule has 0 bridgehead atoms. The van der Waals surface area contributed by atoms with Crippen LogP contribution in [0.5, 0.6) is 0 Å². The fraction of sp³-hybridized carbons (Fsp3) is 0.750. The number of carbonyl (C=O) groups is 1. The number of aromatic nitrogens is 3. The van der Waals surface area contributed by atoms with E-state index < -0.39 is 5.60 Å². The molecular formula is C44H77N7O2. The Bertz CT molecular complexity index is 1440. The minimum absolute atomic E-state index is 0.132. The van der Waals surface area contributed by atoms with Crippen molar-refractivity contribution in [3.63, 3.8) is 0 Å². The van der Waals surface area contributed by atoms with Gasteiger partial charge in [-0.05, 0) is 97.8 Å². The van der Waals surface area contributed by atoms with Crippen LogP contribution in [0.3, 0.4) is 0 Å². The maximum atomic E-state index is 13.2. The summed E-state index contributed by atoms with van der Waals surface area (Å²) in [5.41, 5.74) is 8.14. The topological polar surface area (TPSA) is 102 Å². The molecule has 2 aromatic heterocycles. The summed E-state index contributed by atoms with van der Waals surface area (Å²) >= 11 is 0. The smallest absolute Gasteiger partial charge is 0.306 e. The lowest BCUT2D eigenvalue weighted by molar-refractivity contribution is -0.157. The van der Waals surface area contributed by atoms with Gasteiger partial charge < -0.3 is 30.2 Å². The number of imidazole rings is 1. The van der Waals surface area contributed by atoms with Crippen molar-refractivity contribution in [2.24, 2.45) is 0 Å². The Labute approximate surface area is 323 Å². The number of fused-ring (bicyclic) bond motifs is 3. The summed E-state index contributed by atoms with van der Waals surface area (Å²) in [5, 5.41) is 4.40. The first-order valence-electron chi connectivity index (χ1n) is 21.6. The number of nitrogens with zero attached hydrogens (tertiary/aromatic N) is 5. The molecule has 9 nitrogen and oxygen atoms in total. The van der Waals surface area contributed by atoms with Crippen molar-refractivity contribution in [2.45, 2.75) is 169 Å². The van der Waals surface area contributed by atoms with Crippen molar-refractivity contribution >= 4 is 33.7 Å². The Morgan fingerprint density at radius 2 is 1.32 bits per heavy atom. The van der Waals surface area contributed by atoms with Gasteiger partial charge in [-0.2, -0.15) is 0 Å². The Morgan fingerprint density at radius 3 is 1.96 bits per heavy atom. The number of nitrogens with one attached hydrogen (secondary N) is 1. The van der Waals surface area contributed by atoms with Gasteiger partial charge in [-0.1, -0.05) is 117 Å². The van der Waals surface area contributed by atoms with E-state index in [2.05, 4.69) is 58.4 Å². The number of pyridine rings is 1. The standard InChI is InChI=1S/C44H77N7O2/c1-7-11-13-15-17-23-30-49(10-4)33-26-34-50(31-24-18-16-14-12-8-2)32-25-19-20-29-40(52)53-44(5,6)36-51-39(35-46-9-3)48-41-42(51)37-27-21-22-28-38(37)47-43(41)45/h21-22,27-28,46H,7-20,23-26,29-36H2,1-6H3,(H2,45,47). The zero-order valence-corrected chi connectivity index (χ0v) is 34.8. The molecule has 0 aliphatic rings. The number of nitrogens with two attached hydrogens (primary N) is 1. The molecule has 0 spiro atoms.